The SMILES string of the molecule is COC(=O)C1=C(CBr)CS[C@H]2C(NC=O)C(=O)N12. The van der Waals surface area contributed by atoms with Crippen molar-refractivity contribution in [1.82, 2.24) is 10.2 Å². The Morgan fingerprint density at radius 1 is 1.72 bits per heavy atom. The fourth-order valence-electron chi connectivity index (χ4n) is 1.97. The molecule has 8 heteroatoms. The van der Waals surface area contributed by atoms with Gasteiger partial charge in [0.2, 0.25) is 6.41 Å². The van der Waals surface area contributed by atoms with E-state index >= 15 is 0 Å². The molecule has 2 aliphatic heterocycles. The number of halogens is 1. The molecule has 0 radical (unpaired) electrons. The van der Waals surface area contributed by atoms with E-state index in [1.165, 1.54) is 23.8 Å². The number of esters is 1. The van der Waals surface area contributed by atoms with Gasteiger partial charge >= 0.3 is 5.97 Å². The predicted octanol–water partition coefficient (Wildman–Crippen LogP) is -0.162. The van der Waals surface area contributed by atoms with Gasteiger partial charge in [-0.25, -0.2) is 4.79 Å². The summed E-state index contributed by atoms with van der Waals surface area (Å²) in [6.45, 7) is 0. The molecule has 1 saturated heterocycles. The highest BCUT2D eigenvalue weighted by molar-refractivity contribution is 9.09. The third kappa shape index (κ3) is 1.93. The molecule has 0 saturated carbocycles. The second-order valence-corrected chi connectivity index (χ2v) is 5.42. The lowest BCUT2D eigenvalue weighted by Crippen LogP contribution is -2.69. The molecule has 0 aliphatic carbocycles. The van der Waals surface area contributed by atoms with E-state index < -0.39 is 12.0 Å². The molecular formula is C10H11BrN2O4S. The molecule has 0 bridgehead atoms. The van der Waals surface area contributed by atoms with Gasteiger partial charge in [-0.3, -0.25) is 14.5 Å². The minimum absolute atomic E-state index is 0.223. The van der Waals surface area contributed by atoms with Gasteiger partial charge in [0.1, 0.15) is 17.1 Å². The fourth-order valence-corrected chi connectivity index (χ4v) is 4.05. The quantitative estimate of drug-likeness (QED) is 0.334. The van der Waals surface area contributed by atoms with Crippen LogP contribution in [0.15, 0.2) is 11.3 Å². The van der Waals surface area contributed by atoms with Crippen molar-refractivity contribution >= 4 is 46.0 Å². The smallest absolute Gasteiger partial charge is 0.354 e. The maximum Gasteiger partial charge on any atom is 0.354 e. The third-order valence-electron chi connectivity index (χ3n) is 2.83. The van der Waals surface area contributed by atoms with Gasteiger partial charge in [-0.2, -0.15) is 0 Å². The number of ether oxygens (including phenoxy) is 1. The van der Waals surface area contributed by atoms with Crippen LogP contribution in [-0.4, -0.2) is 52.8 Å². The number of hydrogen-bond acceptors (Lipinski definition) is 5. The van der Waals surface area contributed by atoms with Crippen LogP contribution in [0.25, 0.3) is 0 Å². The van der Waals surface area contributed by atoms with Crippen LogP contribution < -0.4 is 5.32 Å². The largest absolute Gasteiger partial charge is 0.464 e. The number of thioether (sulfide) groups is 1. The van der Waals surface area contributed by atoms with E-state index in [0.29, 0.717) is 23.2 Å². The monoisotopic (exact) mass is 334 g/mol. The normalized spacial score (nSPS) is 26.3. The number of carbonyl (C=O) groups excluding carboxylic acids is 3. The Labute approximate surface area is 116 Å². The lowest BCUT2D eigenvalue weighted by molar-refractivity contribution is -0.151. The predicted molar refractivity (Wildman–Crippen MR) is 68.9 cm³/mol. The van der Waals surface area contributed by atoms with E-state index in [2.05, 4.69) is 21.2 Å². The van der Waals surface area contributed by atoms with Crippen molar-refractivity contribution in [2.45, 2.75) is 11.4 Å². The molecule has 2 atom stereocenters. The summed E-state index contributed by atoms with van der Waals surface area (Å²) in [6.07, 6.45) is 0.502. The van der Waals surface area contributed by atoms with Gasteiger partial charge in [-0.15, -0.1) is 11.8 Å². The first kappa shape index (κ1) is 13.4. The first-order valence-corrected chi connectivity index (χ1v) is 7.33. The molecule has 0 aromatic heterocycles. The average molecular weight is 335 g/mol. The number of hydrogen-bond donors (Lipinski definition) is 1. The summed E-state index contributed by atoms with van der Waals surface area (Å²) in [7, 11) is 1.28. The molecule has 1 fully saturated rings. The highest BCUT2D eigenvalue weighted by atomic mass is 79.9. The second kappa shape index (κ2) is 5.31. The number of nitrogens with zero attached hydrogens (tertiary/aromatic N) is 1. The zero-order valence-electron chi connectivity index (χ0n) is 9.51. The van der Waals surface area contributed by atoms with E-state index in [1.54, 1.807) is 0 Å². The zero-order chi connectivity index (χ0) is 13.3. The Bertz CT molecular complexity index is 440. The standard InChI is InChI=1S/C10H11BrN2O4S/c1-17-10(16)7-5(2-11)3-18-9-6(12-4-14)8(15)13(7)9/h4,6,9H,2-3H2,1H3,(H,12,14)/t6?,9-/m0/s1. The Kier molecular flexibility index (Phi) is 3.96. The van der Waals surface area contributed by atoms with Crippen molar-refractivity contribution < 1.29 is 19.1 Å². The molecule has 1 unspecified atom stereocenters. The molecule has 6 nitrogen and oxygen atoms in total. The van der Waals surface area contributed by atoms with E-state index in [9.17, 15) is 14.4 Å². The number of nitrogens with one attached hydrogen (secondary N) is 1. The average Bonchev–Trinajstić information content (AvgIpc) is 2.41. The van der Waals surface area contributed by atoms with Crippen molar-refractivity contribution in [2.24, 2.45) is 0 Å². The molecule has 1 N–H and O–H groups in total. The lowest BCUT2D eigenvalue weighted by Gasteiger charge is -2.49. The number of β-lactam (4-membered cyclic amide) rings is 1. The summed E-state index contributed by atoms with van der Waals surface area (Å²) >= 11 is 4.81. The van der Waals surface area contributed by atoms with Crippen LogP contribution in [0.2, 0.25) is 0 Å². The van der Waals surface area contributed by atoms with Crippen LogP contribution in [0.3, 0.4) is 0 Å². The highest BCUT2D eigenvalue weighted by Crippen LogP contribution is 2.40. The van der Waals surface area contributed by atoms with Crippen molar-refractivity contribution in [3.8, 4) is 0 Å². The molecule has 0 spiro atoms. The number of amides is 2. The summed E-state index contributed by atoms with van der Waals surface area (Å²) in [4.78, 5) is 35.5. The van der Waals surface area contributed by atoms with Crippen molar-refractivity contribution in [3.63, 3.8) is 0 Å². The topological polar surface area (TPSA) is 75.7 Å². The molecule has 2 heterocycles. The van der Waals surface area contributed by atoms with Gasteiger partial charge in [-0.1, -0.05) is 15.9 Å². The maximum absolute atomic E-state index is 11.9. The van der Waals surface area contributed by atoms with Crippen LogP contribution in [0.4, 0.5) is 0 Å². The Morgan fingerprint density at radius 2 is 2.44 bits per heavy atom. The maximum atomic E-state index is 11.9. The Hall–Kier alpha value is -1.02. The van der Waals surface area contributed by atoms with E-state index in [1.807, 2.05) is 0 Å². The van der Waals surface area contributed by atoms with Gasteiger partial charge in [0.05, 0.1) is 7.11 Å². The number of fused-ring (bicyclic) bond motifs is 1. The lowest BCUT2D eigenvalue weighted by atomic mass is 10.0. The van der Waals surface area contributed by atoms with E-state index in [-0.39, 0.29) is 11.3 Å². The van der Waals surface area contributed by atoms with E-state index in [4.69, 9.17) is 4.74 Å². The molecule has 98 valence electrons. The van der Waals surface area contributed by atoms with Crippen molar-refractivity contribution in [2.75, 3.05) is 18.2 Å². The van der Waals surface area contributed by atoms with Crippen LogP contribution in [0.1, 0.15) is 0 Å². The molecule has 2 amide bonds. The number of carbonyl (C=O) groups is 3. The van der Waals surface area contributed by atoms with Crippen molar-refractivity contribution in [1.29, 1.82) is 0 Å². The molecule has 18 heavy (non-hydrogen) atoms. The Balaban J connectivity index is 2.30. The van der Waals surface area contributed by atoms with Crippen LogP contribution in [0, 0.1) is 0 Å². The van der Waals surface area contributed by atoms with Gasteiger partial charge in [0, 0.05) is 11.1 Å². The molecular weight excluding hydrogens is 324 g/mol. The third-order valence-corrected chi connectivity index (χ3v) is 4.85. The number of rotatable bonds is 4. The summed E-state index contributed by atoms with van der Waals surface area (Å²) in [5.41, 5.74) is 1.12. The van der Waals surface area contributed by atoms with E-state index in [0.717, 1.165) is 5.57 Å². The second-order valence-electron chi connectivity index (χ2n) is 3.75. The Morgan fingerprint density at radius 3 is 3.00 bits per heavy atom. The highest BCUT2D eigenvalue weighted by Gasteiger charge is 2.53. The molecule has 2 aliphatic rings. The first-order chi connectivity index (χ1) is 8.65. The van der Waals surface area contributed by atoms with Crippen LogP contribution >= 0.6 is 27.7 Å². The number of alkyl halides is 1. The molecule has 0 aromatic rings. The van der Waals surface area contributed by atoms with Gasteiger partial charge in [0.15, 0.2) is 0 Å². The zero-order valence-corrected chi connectivity index (χ0v) is 11.9. The number of methoxy groups -OCH3 is 1. The minimum Gasteiger partial charge on any atom is -0.464 e. The van der Waals surface area contributed by atoms with Gasteiger partial charge in [0.25, 0.3) is 5.91 Å². The van der Waals surface area contributed by atoms with Gasteiger partial charge < -0.3 is 10.1 Å². The molecule has 2 rings (SSSR count). The minimum atomic E-state index is -0.552. The first-order valence-electron chi connectivity index (χ1n) is 5.16. The summed E-state index contributed by atoms with van der Waals surface area (Å²) < 4.78 is 4.71. The summed E-state index contributed by atoms with van der Waals surface area (Å²) in [6, 6.07) is -0.552. The van der Waals surface area contributed by atoms with Crippen LogP contribution in [0.5, 0.6) is 0 Å². The fraction of sp³-hybridized carbons (Fsp3) is 0.500. The summed E-state index contributed by atoms with van der Waals surface area (Å²) in [5.74, 6) is -0.174. The summed E-state index contributed by atoms with van der Waals surface area (Å²) in [5, 5.41) is 2.75. The van der Waals surface area contributed by atoms with Crippen molar-refractivity contribution in [3.05, 3.63) is 11.3 Å². The van der Waals surface area contributed by atoms with Crippen LogP contribution in [-0.2, 0) is 19.1 Å². The van der Waals surface area contributed by atoms with Gasteiger partial charge in [-0.05, 0) is 5.57 Å². The molecule has 0 aromatic carbocycles.